The highest BCUT2D eigenvalue weighted by Crippen LogP contribution is 2.29. The van der Waals surface area contributed by atoms with Gasteiger partial charge in [-0.25, -0.2) is 9.97 Å². The number of fused-ring (bicyclic) bond motifs is 2. The van der Waals surface area contributed by atoms with Gasteiger partial charge in [-0.2, -0.15) is 4.52 Å². The molecule has 0 fully saturated rings. The first-order chi connectivity index (χ1) is 14.1. The molecule has 0 bridgehead atoms. The number of aromatic nitrogens is 5. The molecule has 0 aliphatic heterocycles. The van der Waals surface area contributed by atoms with Crippen molar-refractivity contribution in [2.45, 2.75) is 13.0 Å². The van der Waals surface area contributed by atoms with E-state index in [4.69, 9.17) is 0 Å². The Morgan fingerprint density at radius 2 is 1.83 bits per heavy atom. The number of hydrogen-bond donors (Lipinski definition) is 0. The van der Waals surface area contributed by atoms with Crippen molar-refractivity contribution < 1.29 is 0 Å². The fraction of sp³-hybridized carbons (Fsp3) is 0.143. The third-order valence-electron chi connectivity index (χ3n) is 5.15. The van der Waals surface area contributed by atoms with Crippen molar-refractivity contribution in [3.63, 3.8) is 0 Å². The number of nitrogens with zero attached hydrogens (tertiary/aromatic N) is 6. The molecule has 2 aromatic carbocycles. The highest BCUT2D eigenvalue weighted by atomic mass is 32.1. The Labute approximate surface area is 170 Å². The Balaban J connectivity index is 1.44. The first-order valence-electron chi connectivity index (χ1n) is 9.22. The van der Waals surface area contributed by atoms with Crippen LogP contribution >= 0.6 is 11.3 Å². The van der Waals surface area contributed by atoms with Crippen LogP contribution in [0.25, 0.3) is 21.7 Å². The molecule has 29 heavy (non-hydrogen) atoms. The van der Waals surface area contributed by atoms with Gasteiger partial charge in [-0.1, -0.05) is 35.6 Å². The van der Waals surface area contributed by atoms with E-state index in [9.17, 15) is 4.79 Å². The highest BCUT2D eigenvalue weighted by Gasteiger charge is 2.17. The number of para-hydroxylation sites is 2. The zero-order valence-corrected chi connectivity index (χ0v) is 16.7. The summed E-state index contributed by atoms with van der Waals surface area (Å²) in [5.74, 6) is 0. The van der Waals surface area contributed by atoms with E-state index in [-0.39, 0.29) is 11.6 Å². The van der Waals surface area contributed by atoms with Crippen LogP contribution < -0.4 is 10.5 Å². The lowest BCUT2D eigenvalue weighted by molar-refractivity contribution is 0.724. The zero-order valence-electron chi connectivity index (χ0n) is 15.9. The third-order valence-corrected chi connectivity index (χ3v) is 6.16. The van der Waals surface area contributed by atoms with Crippen LogP contribution in [-0.2, 0) is 0 Å². The van der Waals surface area contributed by atoms with Crippen molar-refractivity contribution in [1.29, 1.82) is 0 Å². The SMILES string of the molecule is CC(c1ccc(-n2cnc3ccccc32)cc1)N(C)c1nn2c(=O)ccnc2s1. The molecule has 1 atom stereocenters. The molecule has 0 aliphatic carbocycles. The Morgan fingerprint density at radius 1 is 1.03 bits per heavy atom. The maximum Gasteiger partial charge on any atom is 0.275 e. The molecule has 3 heterocycles. The normalized spacial score (nSPS) is 12.5. The molecule has 5 aromatic rings. The van der Waals surface area contributed by atoms with Gasteiger partial charge in [0, 0.05) is 25.0 Å². The van der Waals surface area contributed by atoms with Gasteiger partial charge in [0.2, 0.25) is 10.1 Å². The van der Waals surface area contributed by atoms with Crippen LogP contribution in [-0.4, -0.2) is 31.2 Å². The topological polar surface area (TPSA) is 68.3 Å². The van der Waals surface area contributed by atoms with E-state index in [0.717, 1.165) is 27.4 Å². The molecular weight excluding hydrogens is 384 g/mol. The summed E-state index contributed by atoms with van der Waals surface area (Å²) in [7, 11) is 1.98. The lowest BCUT2D eigenvalue weighted by atomic mass is 10.1. The van der Waals surface area contributed by atoms with Crippen molar-refractivity contribution in [3.8, 4) is 5.69 Å². The molecule has 0 N–H and O–H groups in total. The second-order valence-electron chi connectivity index (χ2n) is 6.84. The lowest BCUT2D eigenvalue weighted by Crippen LogP contribution is -2.22. The smallest absolute Gasteiger partial charge is 0.275 e. The van der Waals surface area contributed by atoms with Gasteiger partial charge < -0.3 is 4.90 Å². The van der Waals surface area contributed by atoms with Crippen LogP contribution in [0.2, 0.25) is 0 Å². The van der Waals surface area contributed by atoms with Crippen LogP contribution in [0.1, 0.15) is 18.5 Å². The van der Waals surface area contributed by atoms with Crippen LogP contribution in [0.15, 0.2) is 71.9 Å². The van der Waals surface area contributed by atoms with Crippen molar-refractivity contribution in [2.75, 3.05) is 11.9 Å². The number of benzene rings is 2. The predicted octanol–water partition coefficient (Wildman–Crippen LogP) is 3.69. The van der Waals surface area contributed by atoms with E-state index in [2.05, 4.69) is 61.8 Å². The van der Waals surface area contributed by atoms with Gasteiger partial charge in [-0.15, -0.1) is 5.10 Å². The monoisotopic (exact) mass is 402 g/mol. The highest BCUT2D eigenvalue weighted by molar-refractivity contribution is 7.20. The van der Waals surface area contributed by atoms with Crippen molar-refractivity contribution in [3.05, 3.63) is 83.0 Å². The molecule has 144 valence electrons. The Kier molecular flexibility index (Phi) is 4.13. The average molecular weight is 402 g/mol. The van der Waals surface area contributed by atoms with Gasteiger partial charge >= 0.3 is 0 Å². The van der Waals surface area contributed by atoms with E-state index >= 15 is 0 Å². The minimum atomic E-state index is -0.171. The lowest BCUT2D eigenvalue weighted by Gasteiger charge is -2.24. The van der Waals surface area contributed by atoms with Crippen molar-refractivity contribution in [1.82, 2.24) is 24.1 Å². The van der Waals surface area contributed by atoms with Crippen molar-refractivity contribution >= 4 is 32.5 Å². The molecular formula is C21H18N6OS. The number of hydrogen-bond acceptors (Lipinski definition) is 6. The standard InChI is InChI=1S/C21H18N6OS/c1-14(25(2)21-24-27-19(28)11-12-22-20(27)29-21)15-7-9-16(10-8-15)26-13-23-17-5-3-4-6-18(17)26/h3-14H,1-2H3. The summed E-state index contributed by atoms with van der Waals surface area (Å²) in [6.07, 6.45) is 3.36. The molecule has 0 amide bonds. The Bertz CT molecular complexity index is 1370. The van der Waals surface area contributed by atoms with Gasteiger partial charge in [-0.3, -0.25) is 9.36 Å². The summed E-state index contributed by atoms with van der Waals surface area (Å²) in [5.41, 5.74) is 4.10. The summed E-state index contributed by atoms with van der Waals surface area (Å²) in [6.45, 7) is 2.11. The molecule has 0 radical (unpaired) electrons. The maximum atomic E-state index is 11.9. The van der Waals surface area contributed by atoms with Crippen LogP contribution in [0, 0.1) is 0 Å². The molecule has 5 rings (SSSR count). The summed E-state index contributed by atoms with van der Waals surface area (Å²) in [6, 6.07) is 18.0. The summed E-state index contributed by atoms with van der Waals surface area (Å²) >= 11 is 1.40. The molecule has 7 nitrogen and oxygen atoms in total. The molecule has 0 spiro atoms. The molecule has 0 saturated carbocycles. The molecule has 3 aromatic heterocycles. The predicted molar refractivity (Wildman–Crippen MR) is 115 cm³/mol. The van der Waals surface area contributed by atoms with E-state index < -0.39 is 0 Å². The van der Waals surface area contributed by atoms with Gasteiger partial charge in [0.15, 0.2) is 0 Å². The Morgan fingerprint density at radius 3 is 2.62 bits per heavy atom. The summed E-state index contributed by atoms with van der Waals surface area (Å²) in [4.78, 5) is 23.3. The minimum absolute atomic E-state index is 0.0832. The Hall–Kier alpha value is -3.52. The average Bonchev–Trinajstić information content (AvgIpc) is 3.38. The number of anilines is 1. The van der Waals surface area contributed by atoms with E-state index in [1.807, 2.05) is 31.6 Å². The largest absolute Gasteiger partial charge is 0.343 e. The number of rotatable bonds is 4. The van der Waals surface area contributed by atoms with Crippen LogP contribution in [0.5, 0.6) is 0 Å². The first-order valence-corrected chi connectivity index (χ1v) is 10.0. The quantitative estimate of drug-likeness (QED) is 0.459. The van der Waals surface area contributed by atoms with Gasteiger partial charge in [0.25, 0.3) is 5.56 Å². The van der Waals surface area contributed by atoms with Crippen LogP contribution in [0.4, 0.5) is 5.13 Å². The summed E-state index contributed by atoms with van der Waals surface area (Å²) < 4.78 is 3.43. The fourth-order valence-corrected chi connectivity index (χ4v) is 4.26. The van der Waals surface area contributed by atoms with E-state index in [1.54, 1.807) is 0 Å². The van der Waals surface area contributed by atoms with Crippen molar-refractivity contribution in [2.24, 2.45) is 0 Å². The second kappa shape index (κ2) is 6.82. The van der Waals surface area contributed by atoms with Crippen LogP contribution in [0.3, 0.4) is 0 Å². The van der Waals surface area contributed by atoms with E-state index in [1.165, 1.54) is 28.1 Å². The minimum Gasteiger partial charge on any atom is -0.343 e. The maximum absolute atomic E-state index is 11.9. The first kappa shape index (κ1) is 17.6. The molecule has 0 saturated heterocycles. The fourth-order valence-electron chi connectivity index (χ4n) is 3.34. The molecule has 8 heteroatoms. The van der Waals surface area contributed by atoms with Gasteiger partial charge in [0.05, 0.1) is 17.1 Å². The molecule has 1 unspecified atom stereocenters. The van der Waals surface area contributed by atoms with Gasteiger partial charge in [-0.05, 0) is 36.8 Å². The third kappa shape index (κ3) is 2.98. The summed E-state index contributed by atoms with van der Waals surface area (Å²) in [5, 5.41) is 5.17. The second-order valence-corrected chi connectivity index (χ2v) is 7.78. The van der Waals surface area contributed by atoms with E-state index in [0.29, 0.717) is 4.96 Å². The zero-order chi connectivity index (χ0) is 20.0. The number of imidazole rings is 1. The molecule has 0 aliphatic rings. The van der Waals surface area contributed by atoms with Gasteiger partial charge in [0.1, 0.15) is 6.33 Å².